The van der Waals surface area contributed by atoms with Crippen LogP contribution in [-0.2, 0) is 14.8 Å². The molecule has 2 aromatic carbocycles. The SMILES string of the molecule is O=C(C1CCN(S(=O)(=O)c2ccccc2F)CC1)N1CCC(c2nc3ccccc3s2)CC1. The van der Waals surface area contributed by atoms with E-state index in [1.165, 1.54) is 27.2 Å². The Kier molecular flexibility index (Phi) is 6.20. The van der Waals surface area contributed by atoms with Gasteiger partial charge in [-0.1, -0.05) is 24.3 Å². The van der Waals surface area contributed by atoms with Crippen LogP contribution in [0.3, 0.4) is 0 Å². The van der Waals surface area contributed by atoms with Gasteiger partial charge in [-0.25, -0.2) is 17.8 Å². The third-order valence-electron chi connectivity index (χ3n) is 6.72. The van der Waals surface area contributed by atoms with Gasteiger partial charge in [-0.15, -0.1) is 11.3 Å². The first kappa shape index (κ1) is 22.4. The lowest BCUT2D eigenvalue weighted by atomic mass is 9.93. The van der Waals surface area contributed by atoms with Crippen molar-refractivity contribution in [2.75, 3.05) is 26.2 Å². The molecule has 0 spiro atoms. The molecule has 0 saturated carbocycles. The lowest BCUT2D eigenvalue weighted by Crippen LogP contribution is -2.46. The third kappa shape index (κ3) is 4.41. The van der Waals surface area contributed by atoms with E-state index < -0.39 is 15.8 Å². The third-order valence-corrected chi connectivity index (χ3v) is 9.85. The summed E-state index contributed by atoms with van der Waals surface area (Å²) in [5.41, 5.74) is 1.04. The molecule has 6 nitrogen and oxygen atoms in total. The highest BCUT2D eigenvalue weighted by atomic mass is 32.2. The van der Waals surface area contributed by atoms with Crippen molar-refractivity contribution in [2.45, 2.75) is 36.5 Å². The molecule has 2 aliphatic heterocycles. The Morgan fingerprint density at radius 1 is 0.939 bits per heavy atom. The van der Waals surface area contributed by atoms with Crippen LogP contribution in [0.25, 0.3) is 10.2 Å². The van der Waals surface area contributed by atoms with Crippen molar-refractivity contribution in [3.63, 3.8) is 0 Å². The molecule has 0 bridgehead atoms. The van der Waals surface area contributed by atoms with Crippen LogP contribution in [0, 0.1) is 11.7 Å². The molecule has 0 radical (unpaired) electrons. The summed E-state index contributed by atoms with van der Waals surface area (Å²) < 4.78 is 42.1. The van der Waals surface area contributed by atoms with Crippen molar-refractivity contribution in [3.8, 4) is 0 Å². The molecular formula is C24H26FN3O3S2. The molecule has 1 amide bonds. The fourth-order valence-electron chi connectivity index (χ4n) is 4.81. The zero-order valence-corrected chi connectivity index (χ0v) is 19.8. The van der Waals surface area contributed by atoms with Gasteiger partial charge in [0.15, 0.2) is 0 Å². The molecule has 0 N–H and O–H groups in total. The number of nitrogens with zero attached hydrogens (tertiary/aromatic N) is 3. The number of benzene rings is 2. The zero-order chi connectivity index (χ0) is 23.0. The van der Waals surface area contributed by atoms with Gasteiger partial charge in [0.1, 0.15) is 10.7 Å². The molecule has 174 valence electrons. The number of sulfonamides is 1. The predicted molar refractivity (Wildman–Crippen MR) is 126 cm³/mol. The highest BCUT2D eigenvalue weighted by molar-refractivity contribution is 7.89. The molecule has 0 aliphatic carbocycles. The molecule has 5 rings (SSSR count). The quantitative estimate of drug-likeness (QED) is 0.552. The van der Waals surface area contributed by atoms with E-state index in [4.69, 9.17) is 4.98 Å². The maximum atomic E-state index is 14.0. The molecule has 0 atom stereocenters. The van der Waals surface area contributed by atoms with Crippen LogP contribution in [0.15, 0.2) is 53.4 Å². The predicted octanol–water partition coefficient (Wildman–Crippen LogP) is 4.24. The highest BCUT2D eigenvalue weighted by Gasteiger charge is 2.36. The highest BCUT2D eigenvalue weighted by Crippen LogP contribution is 2.35. The first-order valence-corrected chi connectivity index (χ1v) is 13.6. The number of likely N-dealkylation sites (tertiary alicyclic amines) is 1. The molecule has 33 heavy (non-hydrogen) atoms. The molecule has 9 heteroatoms. The molecule has 2 fully saturated rings. The van der Waals surface area contributed by atoms with Crippen molar-refractivity contribution in [2.24, 2.45) is 5.92 Å². The van der Waals surface area contributed by atoms with E-state index in [1.54, 1.807) is 11.3 Å². The smallest absolute Gasteiger partial charge is 0.245 e. The summed E-state index contributed by atoms with van der Waals surface area (Å²) in [6.07, 6.45) is 2.72. The molecule has 0 unspecified atom stereocenters. The lowest BCUT2D eigenvalue weighted by molar-refractivity contribution is -0.137. The molecule has 2 aliphatic rings. The Morgan fingerprint density at radius 2 is 1.61 bits per heavy atom. The van der Waals surface area contributed by atoms with Gasteiger partial charge in [0.05, 0.1) is 15.2 Å². The van der Waals surface area contributed by atoms with E-state index in [-0.39, 0.29) is 29.8 Å². The summed E-state index contributed by atoms with van der Waals surface area (Å²) in [7, 11) is -3.89. The van der Waals surface area contributed by atoms with E-state index >= 15 is 0 Å². The molecular weight excluding hydrogens is 461 g/mol. The van der Waals surface area contributed by atoms with Crippen LogP contribution in [0.1, 0.15) is 36.6 Å². The summed E-state index contributed by atoms with van der Waals surface area (Å²) in [4.78, 5) is 19.5. The number of carbonyl (C=O) groups is 1. The van der Waals surface area contributed by atoms with Gasteiger partial charge < -0.3 is 4.90 Å². The van der Waals surface area contributed by atoms with E-state index in [1.807, 2.05) is 23.1 Å². The fourth-order valence-corrected chi connectivity index (χ4v) is 7.48. The average Bonchev–Trinajstić information content (AvgIpc) is 3.28. The number of halogens is 1. The van der Waals surface area contributed by atoms with Crippen molar-refractivity contribution in [1.82, 2.24) is 14.2 Å². The molecule has 2 saturated heterocycles. The number of hydrogen-bond acceptors (Lipinski definition) is 5. The average molecular weight is 488 g/mol. The number of thiazole rings is 1. The van der Waals surface area contributed by atoms with Crippen LogP contribution < -0.4 is 0 Å². The van der Waals surface area contributed by atoms with E-state index in [2.05, 4.69) is 6.07 Å². The Hall–Kier alpha value is -2.36. The van der Waals surface area contributed by atoms with Gasteiger partial charge in [-0.3, -0.25) is 4.79 Å². The molecule has 3 heterocycles. The maximum absolute atomic E-state index is 14.0. The number of rotatable bonds is 4. The summed E-state index contributed by atoms with van der Waals surface area (Å²) in [5, 5.41) is 1.15. The van der Waals surface area contributed by atoms with Gasteiger partial charge in [0.2, 0.25) is 15.9 Å². The standard InChI is InChI=1S/C24H26FN3O3S2/c25-19-5-1-4-8-22(19)33(30,31)28-15-11-18(12-16-28)24(29)27-13-9-17(10-14-27)23-26-20-6-2-3-7-21(20)32-23/h1-8,17-18H,9-16H2. The minimum atomic E-state index is -3.89. The van der Waals surface area contributed by atoms with E-state index in [0.29, 0.717) is 31.8 Å². The van der Waals surface area contributed by atoms with Crippen LogP contribution in [0.4, 0.5) is 4.39 Å². The summed E-state index contributed by atoms with van der Waals surface area (Å²) >= 11 is 1.74. The van der Waals surface area contributed by atoms with Gasteiger partial charge in [-0.2, -0.15) is 4.31 Å². The number of amides is 1. The van der Waals surface area contributed by atoms with E-state index in [9.17, 15) is 17.6 Å². The van der Waals surface area contributed by atoms with Crippen molar-refractivity contribution in [1.29, 1.82) is 0 Å². The normalized spacial score (nSPS) is 19.2. The van der Waals surface area contributed by atoms with Crippen molar-refractivity contribution >= 4 is 37.5 Å². The minimum absolute atomic E-state index is 0.112. The first-order valence-electron chi connectivity index (χ1n) is 11.3. The van der Waals surface area contributed by atoms with Crippen LogP contribution in [-0.4, -0.2) is 54.7 Å². The number of aromatic nitrogens is 1. The van der Waals surface area contributed by atoms with Gasteiger partial charge in [-0.05, 0) is 49.9 Å². The van der Waals surface area contributed by atoms with Gasteiger partial charge >= 0.3 is 0 Å². The second kappa shape index (κ2) is 9.12. The number of piperidine rings is 2. The fraction of sp³-hybridized carbons (Fsp3) is 0.417. The Bertz CT molecular complexity index is 1230. The zero-order valence-electron chi connectivity index (χ0n) is 18.2. The van der Waals surface area contributed by atoms with Gasteiger partial charge in [0.25, 0.3) is 0 Å². The number of para-hydroxylation sites is 1. The van der Waals surface area contributed by atoms with Crippen LogP contribution >= 0.6 is 11.3 Å². The number of hydrogen-bond donors (Lipinski definition) is 0. The first-order chi connectivity index (χ1) is 15.9. The minimum Gasteiger partial charge on any atom is -0.342 e. The number of fused-ring (bicyclic) bond motifs is 1. The second-order valence-electron chi connectivity index (χ2n) is 8.73. The summed E-state index contributed by atoms with van der Waals surface area (Å²) in [5.74, 6) is -0.442. The summed E-state index contributed by atoms with van der Waals surface area (Å²) in [6, 6.07) is 13.6. The van der Waals surface area contributed by atoms with Gasteiger partial charge in [0, 0.05) is 38.0 Å². The summed E-state index contributed by atoms with van der Waals surface area (Å²) in [6.45, 7) is 1.87. The Morgan fingerprint density at radius 3 is 2.30 bits per heavy atom. The van der Waals surface area contributed by atoms with E-state index in [0.717, 1.165) is 29.4 Å². The van der Waals surface area contributed by atoms with Crippen molar-refractivity contribution in [3.05, 3.63) is 59.4 Å². The van der Waals surface area contributed by atoms with Crippen molar-refractivity contribution < 1.29 is 17.6 Å². The van der Waals surface area contributed by atoms with Crippen LogP contribution in [0.2, 0.25) is 0 Å². The maximum Gasteiger partial charge on any atom is 0.245 e. The molecule has 1 aromatic heterocycles. The second-order valence-corrected chi connectivity index (χ2v) is 11.7. The largest absolute Gasteiger partial charge is 0.342 e. The topological polar surface area (TPSA) is 70.6 Å². The monoisotopic (exact) mass is 487 g/mol. The van der Waals surface area contributed by atoms with Crippen LogP contribution in [0.5, 0.6) is 0 Å². The Balaban J connectivity index is 1.17. The lowest BCUT2D eigenvalue weighted by Gasteiger charge is -2.36. The molecule has 3 aromatic rings. The Labute approximate surface area is 197 Å². The number of carbonyl (C=O) groups excluding carboxylic acids is 1.